The molecule has 0 aliphatic carbocycles. The average molecular weight is 409 g/mol. The molecule has 148 valence electrons. The van der Waals surface area contributed by atoms with Crippen LogP contribution in [-0.2, 0) is 16.0 Å². The summed E-state index contributed by atoms with van der Waals surface area (Å²) in [5, 5.41) is 4.48. The molecule has 0 saturated heterocycles. The molecule has 0 saturated carbocycles. The van der Waals surface area contributed by atoms with Gasteiger partial charge in [-0.05, 0) is 54.3 Å². The molecule has 7 heteroatoms. The zero-order chi connectivity index (χ0) is 20.5. The number of likely N-dealkylation sites (N-methyl/N-ethyl adjacent to an activating group) is 1. The molecule has 0 spiro atoms. The van der Waals surface area contributed by atoms with Gasteiger partial charge in [-0.15, -0.1) is 0 Å². The molecule has 1 aromatic carbocycles. The molecule has 2 N–H and O–H groups in total. The number of fused-ring (bicyclic) bond motifs is 2. The highest BCUT2D eigenvalue weighted by Gasteiger charge is 2.19. The molecule has 1 aliphatic heterocycles. The predicted molar refractivity (Wildman–Crippen MR) is 115 cm³/mol. The number of aromatic nitrogens is 2. The van der Waals surface area contributed by atoms with Crippen molar-refractivity contribution in [2.24, 2.45) is 0 Å². The lowest BCUT2D eigenvalue weighted by Crippen LogP contribution is -2.27. The summed E-state index contributed by atoms with van der Waals surface area (Å²) >= 11 is 6.05. The summed E-state index contributed by atoms with van der Waals surface area (Å²) in [5.74, 6) is 0.486. The Morgan fingerprint density at radius 3 is 2.97 bits per heavy atom. The Bertz CT molecular complexity index is 1140. The SMILES string of the molecule is CC(c1c[nH]c2cc(Cl)ccc12)N(C)C(=O)/C=C/c1cnc2c(c1)CCC(=O)N2. The van der Waals surface area contributed by atoms with Crippen LogP contribution in [0, 0.1) is 0 Å². The van der Waals surface area contributed by atoms with Crippen molar-refractivity contribution in [3.8, 4) is 0 Å². The van der Waals surface area contributed by atoms with Gasteiger partial charge in [0.05, 0.1) is 6.04 Å². The molecule has 2 aromatic heterocycles. The molecular weight excluding hydrogens is 388 g/mol. The van der Waals surface area contributed by atoms with Crippen molar-refractivity contribution < 1.29 is 9.59 Å². The molecule has 0 radical (unpaired) electrons. The Balaban J connectivity index is 1.49. The first kappa shape index (κ1) is 19.2. The Labute approximate surface area is 173 Å². The molecule has 0 fully saturated rings. The summed E-state index contributed by atoms with van der Waals surface area (Å²) in [6.07, 6.45) is 7.99. The molecule has 3 aromatic rings. The van der Waals surface area contributed by atoms with Crippen molar-refractivity contribution in [3.05, 3.63) is 64.4 Å². The highest BCUT2D eigenvalue weighted by molar-refractivity contribution is 6.31. The van der Waals surface area contributed by atoms with Gasteiger partial charge in [0.15, 0.2) is 0 Å². The number of halogens is 1. The fraction of sp³-hybridized carbons (Fsp3) is 0.227. The van der Waals surface area contributed by atoms with Crippen molar-refractivity contribution in [1.29, 1.82) is 0 Å². The summed E-state index contributed by atoms with van der Waals surface area (Å²) < 4.78 is 0. The number of carbonyl (C=O) groups is 2. The van der Waals surface area contributed by atoms with E-state index in [0.29, 0.717) is 23.7 Å². The molecule has 4 rings (SSSR count). The van der Waals surface area contributed by atoms with Crippen LogP contribution in [0.1, 0.15) is 36.1 Å². The minimum Gasteiger partial charge on any atom is -0.361 e. The first-order valence-corrected chi connectivity index (χ1v) is 9.80. The number of nitrogens with one attached hydrogen (secondary N) is 2. The topological polar surface area (TPSA) is 78.1 Å². The average Bonchev–Trinajstić information content (AvgIpc) is 3.13. The fourth-order valence-electron chi connectivity index (χ4n) is 3.52. The van der Waals surface area contributed by atoms with Gasteiger partial charge in [0.25, 0.3) is 0 Å². The first-order chi connectivity index (χ1) is 13.9. The highest BCUT2D eigenvalue weighted by Crippen LogP contribution is 2.29. The van der Waals surface area contributed by atoms with E-state index < -0.39 is 0 Å². The molecule has 3 heterocycles. The monoisotopic (exact) mass is 408 g/mol. The summed E-state index contributed by atoms with van der Waals surface area (Å²) in [5.41, 5.74) is 3.80. The second-order valence-corrected chi connectivity index (χ2v) is 7.65. The van der Waals surface area contributed by atoms with E-state index in [1.807, 2.05) is 37.4 Å². The maximum absolute atomic E-state index is 12.7. The number of pyridine rings is 1. The first-order valence-electron chi connectivity index (χ1n) is 9.42. The Hall–Kier alpha value is -3.12. The smallest absolute Gasteiger partial charge is 0.246 e. The van der Waals surface area contributed by atoms with Crippen LogP contribution in [0.3, 0.4) is 0 Å². The number of carbonyl (C=O) groups excluding carboxylic acids is 2. The van der Waals surface area contributed by atoms with Gasteiger partial charge < -0.3 is 15.2 Å². The lowest BCUT2D eigenvalue weighted by molar-refractivity contribution is -0.126. The molecule has 0 bridgehead atoms. The summed E-state index contributed by atoms with van der Waals surface area (Å²) in [4.78, 5) is 33.3. The van der Waals surface area contributed by atoms with Gasteiger partial charge in [0, 0.05) is 47.9 Å². The van der Waals surface area contributed by atoms with Gasteiger partial charge in [-0.2, -0.15) is 0 Å². The van der Waals surface area contributed by atoms with E-state index in [1.54, 1.807) is 30.3 Å². The number of hydrogen-bond acceptors (Lipinski definition) is 3. The Morgan fingerprint density at radius 1 is 1.31 bits per heavy atom. The predicted octanol–water partition coefficient (Wildman–Crippen LogP) is 4.33. The van der Waals surface area contributed by atoms with Crippen LogP contribution in [0.15, 0.2) is 42.7 Å². The maximum Gasteiger partial charge on any atom is 0.246 e. The third kappa shape index (κ3) is 3.89. The molecule has 29 heavy (non-hydrogen) atoms. The summed E-state index contributed by atoms with van der Waals surface area (Å²) in [6, 6.07) is 7.53. The minimum atomic E-state index is -0.112. The lowest BCUT2D eigenvalue weighted by atomic mass is 10.0. The van der Waals surface area contributed by atoms with Gasteiger partial charge in [-0.1, -0.05) is 17.7 Å². The Morgan fingerprint density at radius 2 is 2.14 bits per heavy atom. The number of rotatable bonds is 4. The fourth-order valence-corrected chi connectivity index (χ4v) is 3.69. The summed E-state index contributed by atoms with van der Waals surface area (Å²) in [6.45, 7) is 1.99. The van der Waals surface area contributed by atoms with Crippen LogP contribution < -0.4 is 5.32 Å². The quantitative estimate of drug-likeness (QED) is 0.630. The second kappa shape index (κ2) is 7.72. The van der Waals surface area contributed by atoms with E-state index in [2.05, 4.69) is 15.3 Å². The summed E-state index contributed by atoms with van der Waals surface area (Å²) in [7, 11) is 1.78. The maximum atomic E-state index is 12.7. The number of anilines is 1. The number of aromatic amines is 1. The number of H-pyrrole nitrogens is 1. The van der Waals surface area contributed by atoms with Crippen molar-refractivity contribution in [2.45, 2.75) is 25.8 Å². The third-order valence-corrected chi connectivity index (χ3v) is 5.57. The molecule has 1 unspecified atom stereocenters. The molecular formula is C22H21ClN4O2. The van der Waals surface area contributed by atoms with Gasteiger partial charge in [-0.3, -0.25) is 9.59 Å². The Kier molecular flexibility index (Phi) is 5.11. The van der Waals surface area contributed by atoms with E-state index in [9.17, 15) is 9.59 Å². The van der Waals surface area contributed by atoms with Crippen LogP contribution in [0.25, 0.3) is 17.0 Å². The standard InChI is InChI=1S/C22H21ClN4O2/c1-13(18-12-24-19-10-16(23)5-6-17(18)19)27(2)21(29)8-3-14-9-15-4-7-20(28)26-22(15)25-11-14/h3,5-6,8-13,24H,4,7H2,1-2H3,(H,25,26,28)/b8-3+. The van der Waals surface area contributed by atoms with Crippen LogP contribution in [-0.4, -0.2) is 33.7 Å². The number of amides is 2. The number of nitrogens with zero attached hydrogens (tertiary/aromatic N) is 2. The van der Waals surface area contributed by atoms with Gasteiger partial charge in [0.1, 0.15) is 5.82 Å². The molecule has 1 aliphatic rings. The number of benzene rings is 1. The van der Waals surface area contributed by atoms with E-state index in [-0.39, 0.29) is 17.9 Å². The van der Waals surface area contributed by atoms with Crippen LogP contribution >= 0.6 is 11.6 Å². The zero-order valence-electron chi connectivity index (χ0n) is 16.2. The van der Waals surface area contributed by atoms with Gasteiger partial charge >= 0.3 is 0 Å². The van der Waals surface area contributed by atoms with Gasteiger partial charge in [0.2, 0.25) is 11.8 Å². The van der Waals surface area contributed by atoms with Crippen molar-refractivity contribution >= 4 is 46.2 Å². The second-order valence-electron chi connectivity index (χ2n) is 7.22. The minimum absolute atomic E-state index is 0.0152. The molecule has 2 amide bonds. The normalized spacial score (nSPS) is 14.7. The van der Waals surface area contributed by atoms with Crippen molar-refractivity contribution in [2.75, 3.05) is 12.4 Å². The van der Waals surface area contributed by atoms with E-state index >= 15 is 0 Å². The van der Waals surface area contributed by atoms with Crippen molar-refractivity contribution in [1.82, 2.24) is 14.9 Å². The third-order valence-electron chi connectivity index (χ3n) is 5.34. The van der Waals surface area contributed by atoms with Crippen LogP contribution in [0.5, 0.6) is 0 Å². The van der Waals surface area contributed by atoms with E-state index in [1.165, 1.54) is 0 Å². The highest BCUT2D eigenvalue weighted by atomic mass is 35.5. The van der Waals surface area contributed by atoms with Crippen molar-refractivity contribution in [3.63, 3.8) is 0 Å². The van der Waals surface area contributed by atoms with E-state index in [4.69, 9.17) is 11.6 Å². The number of aryl methyl sites for hydroxylation is 1. The molecule has 1 atom stereocenters. The van der Waals surface area contributed by atoms with Crippen LogP contribution in [0.4, 0.5) is 5.82 Å². The zero-order valence-corrected chi connectivity index (χ0v) is 17.0. The van der Waals surface area contributed by atoms with E-state index in [0.717, 1.165) is 27.6 Å². The lowest BCUT2D eigenvalue weighted by Gasteiger charge is -2.23. The number of hydrogen-bond donors (Lipinski definition) is 2. The largest absolute Gasteiger partial charge is 0.361 e. The molecule has 6 nitrogen and oxygen atoms in total. The van der Waals surface area contributed by atoms with Gasteiger partial charge in [-0.25, -0.2) is 4.98 Å². The van der Waals surface area contributed by atoms with Crippen LogP contribution in [0.2, 0.25) is 5.02 Å².